The van der Waals surface area contributed by atoms with E-state index in [9.17, 15) is 9.90 Å². The van der Waals surface area contributed by atoms with Gasteiger partial charge in [0.2, 0.25) is 12.5 Å². The number of esters is 1. The highest BCUT2D eigenvalue weighted by atomic mass is 16.7. The lowest BCUT2D eigenvalue weighted by Gasteiger charge is -2.32. The summed E-state index contributed by atoms with van der Waals surface area (Å²) >= 11 is 0. The van der Waals surface area contributed by atoms with E-state index in [1.807, 2.05) is 31.2 Å². The van der Waals surface area contributed by atoms with Crippen molar-refractivity contribution in [3.63, 3.8) is 0 Å². The molecule has 3 aromatic carbocycles. The van der Waals surface area contributed by atoms with Crippen LogP contribution in [-0.4, -0.2) is 88.3 Å². The van der Waals surface area contributed by atoms with E-state index in [1.54, 1.807) is 44.6 Å². The molecule has 1 N–H and O–H groups in total. The minimum Gasteiger partial charge on any atom is -0.493 e. The summed E-state index contributed by atoms with van der Waals surface area (Å²) in [7, 11) is 5.30. The van der Waals surface area contributed by atoms with Crippen LogP contribution in [0.5, 0.6) is 28.7 Å². The van der Waals surface area contributed by atoms with Crippen molar-refractivity contribution < 1.29 is 38.3 Å². The third-order valence-electron chi connectivity index (χ3n) is 8.62. The van der Waals surface area contributed by atoms with E-state index < -0.39 is 11.8 Å². The summed E-state index contributed by atoms with van der Waals surface area (Å²) in [5.74, 6) is -0.0106. The predicted molar refractivity (Wildman–Crippen MR) is 168 cm³/mol. The molecule has 10 nitrogen and oxygen atoms in total. The number of methoxy groups -OCH3 is 2. The van der Waals surface area contributed by atoms with Crippen molar-refractivity contribution in [2.75, 3.05) is 67.4 Å². The van der Waals surface area contributed by atoms with Gasteiger partial charge in [-0.3, -0.25) is 0 Å². The largest absolute Gasteiger partial charge is 0.493 e. The number of cyclic esters (lactones) is 1. The van der Waals surface area contributed by atoms with E-state index in [4.69, 9.17) is 28.4 Å². The van der Waals surface area contributed by atoms with Crippen LogP contribution in [0.25, 0.3) is 5.57 Å². The lowest BCUT2D eigenvalue weighted by atomic mass is 9.87. The normalized spacial score (nSPS) is 20.0. The molecule has 6 rings (SSSR count). The number of nitrogens with zero attached hydrogens (tertiary/aromatic N) is 2. The van der Waals surface area contributed by atoms with Crippen LogP contribution < -0.4 is 23.7 Å². The van der Waals surface area contributed by atoms with Crippen LogP contribution >= 0.6 is 0 Å². The molecule has 3 heterocycles. The van der Waals surface area contributed by atoms with Gasteiger partial charge < -0.3 is 43.3 Å². The lowest BCUT2D eigenvalue weighted by Crippen LogP contribution is -2.44. The third kappa shape index (κ3) is 6.31. The molecule has 0 spiro atoms. The van der Waals surface area contributed by atoms with Crippen LogP contribution in [0.3, 0.4) is 0 Å². The Morgan fingerprint density at radius 1 is 0.911 bits per heavy atom. The van der Waals surface area contributed by atoms with Gasteiger partial charge in [-0.15, -0.1) is 0 Å². The molecule has 3 aliphatic heterocycles. The summed E-state index contributed by atoms with van der Waals surface area (Å²) in [6.45, 7) is 7.74. The molecule has 1 unspecified atom stereocenters. The Morgan fingerprint density at radius 2 is 1.64 bits per heavy atom. The maximum absolute atomic E-state index is 13.6. The number of hydrogen-bond donors (Lipinski definition) is 1. The first-order chi connectivity index (χ1) is 21.8. The summed E-state index contributed by atoms with van der Waals surface area (Å²) < 4.78 is 34.5. The first-order valence-electron chi connectivity index (χ1n) is 15.2. The summed E-state index contributed by atoms with van der Waals surface area (Å²) in [6, 6.07) is 16.3. The van der Waals surface area contributed by atoms with Crippen molar-refractivity contribution in [2.24, 2.45) is 0 Å². The van der Waals surface area contributed by atoms with Crippen LogP contribution in [0, 0.1) is 6.92 Å². The Balaban J connectivity index is 1.34. The van der Waals surface area contributed by atoms with Crippen molar-refractivity contribution in [1.29, 1.82) is 0 Å². The Kier molecular flexibility index (Phi) is 8.89. The first kappa shape index (κ1) is 30.8. The number of aryl methyl sites for hydroxylation is 1. The number of benzene rings is 3. The van der Waals surface area contributed by atoms with Gasteiger partial charge in [-0.05, 0) is 55.8 Å². The van der Waals surface area contributed by atoms with E-state index in [0.29, 0.717) is 52.1 Å². The lowest BCUT2D eigenvalue weighted by molar-refractivity contribution is -0.185. The van der Waals surface area contributed by atoms with Crippen molar-refractivity contribution in [3.05, 3.63) is 82.4 Å². The van der Waals surface area contributed by atoms with Crippen molar-refractivity contribution in [1.82, 2.24) is 9.80 Å². The Bertz CT molecular complexity index is 1580. The van der Waals surface area contributed by atoms with E-state index >= 15 is 0 Å². The van der Waals surface area contributed by atoms with Crippen LogP contribution in [0.15, 0.2) is 60.2 Å². The number of likely N-dealkylation sites (N-methyl/N-ethyl adjacent to an activating group) is 1. The van der Waals surface area contributed by atoms with Crippen LogP contribution in [0.2, 0.25) is 0 Å². The highest BCUT2D eigenvalue weighted by Crippen LogP contribution is 2.47. The molecule has 0 bridgehead atoms. The van der Waals surface area contributed by atoms with E-state index in [2.05, 4.69) is 16.8 Å². The van der Waals surface area contributed by atoms with E-state index in [-0.39, 0.29) is 18.8 Å². The molecule has 1 fully saturated rings. The Labute approximate surface area is 263 Å². The monoisotopic (exact) mass is 616 g/mol. The molecule has 1 saturated heterocycles. The Morgan fingerprint density at radius 3 is 2.38 bits per heavy atom. The number of ether oxygens (including phenoxy) is 6. The summed E-state index contributed by atoms with van der Waals surface area (Å²) in [5, 5.41) is 12.1. The number of hydrogen-bond acceptors (Lipinski definition) is 10. The van der Waals surface area contributed by atoms with Crippen LogP contribution in [-0.2, 0) is 21.7 Å². The first-order valence-corrected chi connectivity index (χ1v) is 15.2. The molecule has 0 aromatic heterocycles. The number of carbonyl (C=O) groups excluding carboxylic acids is 1. The SMILES string of the molecule is COc1cc(CC2=C(c3ccc4c(c3)OCO4)C(=O)OC2(O)c2ccc(C)cc2)cc(OCCCN2CCN(C)CC2)c1OC. The molecule has 0 amide bonds. The number of rotatable bonds is 11. The Hall–Kier alpha value is -4.25. The molecule has 10 heteroatoms. The zero-order valence-corrected chi connectivity index (χ0v) is 26.3. The highest BCUT2D eigenvalue weighted by Gasteiger charge is 2.48. The predicted octanol–water partition coefficient (Wildman–Crippen LogP) is 4.16. The molecule has 0 radical (unpaired) electrons. The van der Waals surface area contributed by atoms with Gasteiger partial charge in [0.05, 0.1) is 26.4 Å². The molecular formula is C35H40N2O8. The number of piperazine rings is 1. The average Bonchev–Trinajstić information content (AvgIpc) is 3.61. The molecule has 0 saturated carbocycles. The average molecular weight is 617 g/mol. The van der Waals surface area contributed by atoms with Gasteiger partial charge in [0.25, 0.3) is 5.79 Å². The van der Waals surface area contributed by atoms with Crippen LogP contribution in [0.4, 0.5) is 0 Å². The number of aliphatic hydroxyl groups is 1. The van der Waals surface area contributed by atoms with Gasteiger partial charge in [0.1, 0.15) is 0 Å². The fourth-order valence-corrected chi connectivity index (χ4v) is 6.04. The molecule has 3 aliphatic rings. The maximum Gasteiger partial charge on any atom is 0.342 e. The minimum atomic E-state index is -1.99. The molecule has 3 aromatic rings. The molecule has 45 heavy (non-hydrogen) atoms. The zero-order chi connectivity index (χ0) is 31.6. The van der Waals surface area contributed by atoms with E-state index in [0.717, 1.165) is 50.3 Å². The maximum atomic E-state index is 13.6. The van der Waals surface area contributed by atoms with Gasteiger partial charge in [-0.1, -0.05) is 35.9 Å². The third-order valence-corrected chi connectivity index (χ3v) is 8.62. The molecule has 0 aliphatic carbocycles. The second-order valence-corrected chi connectivity index (χ2v) is 11.7. The summed E-state index contributed by atoms with van der Waals surface area (Å²) in [4.78, 5) is 18.3. The number of fused-ring (bicyclic) bond motifs is 1. The molecule has 1 atom stereocenters. The number of carbonyl (C=O) groups is 1. The zero-order valence-electron chi connectivity index (χ0n) is 26.3. The van der Waals surface area contributed by atoms with Crippen molar-refractivity contribution in [2.45, 2.75) is 25.6 Å². The van der Waals surface area contributed by atoms with Gasteiger partial charge >= 0.3 is 5.97 Å². The topological polar surface area (TPSA) is 99.2 Å². The standard InChI is InChI=1S/C35H40N2O8/c1-23-6-9-26(10-7-23)35(39)27(32(34(38)45-35)25-8-11-28-29(21-25)44-22-43-28)18-24-19-30(40-3)33(41-4)31(20-24)42-17-5-12-37-15-13-36(2)14-16-37/h6-11,19-21,39H,5,12-18,22H2,1-4H3. The quantitative estimate of drug-likeness (QED) is 0.250. The van der Waals surface area contributed by atoms with Crippen molar-refractivity contribution in [3.8, 4) is 28.7 Å². The minimum absolute atomic E-state index is 0.103. The molecule has 238 valence electrons. The van der Waals surface area contributed by atoms with Gasteiger partial charge in [0.15, 0.2) is 23.0 Å². The van der Waals surface area contributed by atoms with Gasteiger partial charge in [-0.2, -0.15) is 0 Å². The second-order valence-electron chi connectivity index (χ2n) is 11.7. The van der Waals surface area contributed by atoms with Gasteiger partial charge in [-0.25, -0.2) is 4.79 Å². The summed E-state index contributed by atoms with van der Waals surface area (Å²) in [6.07, 6.45) is 1.02. The van der Waals surface area contributed by atoms with E-state index in [1.165, 1.54) is 0 Å². The second kappa shape index (κ2) is 13.0. The fourth-order valence-electron chi connectivity index (χ4n) is 6.04. The summed E-state index contributed by atoms with van der Waals surface area (Å²) in [5.41, 5.74) is 3.43. The van der Waals surface area contributed by atoms with Crippen molar-refractivity contribution >= 4 is 11.5 Å². The van der Waals surface area contributed by atoms with Crippen LogP contribution in [0.1, 0.15) is 28.7 Å². The highest BCUT2D eigenvalue weighted by molar-refractivity contribution is 6.20. The van der Waals surface area contributed by atoms with Gasteiger partial charge in [0, 0.05) is 50.3 Å². The fraction of sp³-hybridized carbons (Fsp3) is 0.400. The smallest absolute Gasteiger partial charge is 0.342 e. The molecular weight excluding hydrogens is 576 g/mol.